The minimum atomic E-state index is 0.715. The Morgan fingerprint density at radius 1 is 0.370 bits per heavy atom. The van der Waals surface area contributed by atoms with Crippen molar-refractivity contribution >= 4 is 65.3 Å². The van der Waals surface area contributed by atoms with Gasteiger partial charge in [0.1, 0.15) is 5.82 Å². The smallest absolute Gasteiger partial charge is 0.162 e. The Balaban J connectivity index is 1.31. The lowest BCUT2D eigenvalue weighted by Gasteiger charge is -2.14. The summed E-state index contributed by atoms with van der Waals surface area (Å²) in [5.41, 5.74) is 7.71. The molecule has 0 bridgehead atoms. The Hall–Kier alpha value is -6.26. The summed E-state index contributed by atoms with van der Waals surface area (Å²) in [6.45, 7) is 0. The molecule has 0 atom stereocenters. The molecular formula is C42H26N4. The van der Waals surface area contributed by atoms with Crippen molar-refractivity contribution in [3.05, 3.63) is 158 Å². The molecule has 10 aromatic rings. The molecule has 3 aromatic heterocycles. The van der Waals surface area contributed by atoms with Crippen LogP contribution >= 0.6 is 0 Å². The van der Waals surface area contributed by atoms with E-state index in [4.69, 9.17) is 9.97 Å². The number of fused-ring (bicyclic) bond motifs is 9. The van der Waals surface area contributed by atoms with Gasteiger partial charge in [-0.2, -0.15) is 0 Å². The van der Waals surface area contributed by atoms with Gasteiger partial charge in [-0.25, -0.2) is 9.97 Å². The standard InChI is InChI=1S/C42H26N4/c1-2-13-28(14-3-1)41-43-40-30-15-5-4-12-27(30)22-24-34(40)42(44-41)46-38-21-11-8-18-33(38)35-26-29(23-25-39(35)46)45-36-19-9-6-16-31(36)32-17-7-10-20-37(32)45/h1-26H. The normalized spacial score (nSPS) is 11.9. The van der Waals surface area contributed by atoms with Crippen LogP contribution in [0.15, 0.2) is 158 Å². The molecule has 0 aliphatic rings. The van der Waals surface area contributed by atoms with E-state index in [-0.39, 0.29) is 0 Å². The molecule has 3 heterocycles. The summed E-state index contributed by atoms with van der Waals surface area (Å²) < 4.78 is 4.71. The molecule has 4 nitrogen and oxygen atoms in total. The first-order valence-electron chi connectivity index (χ1n) is 15.6. The van der Waals surface area contributed by atoms with Crippen LogP contribution in [0.1, 0.15) is 0 Å². The first kappa shape index (κ1) is 25.1. The van der Waals surface area contributed by atoms with Crippen LogP contribution in [0.5, 0.6) is 0 Å². The Bertz CT molecular complexity index is 2750. The van der Waals surface area contributed by atoms with Crippen molar-refractivity contribution in [1.82, 2.24) is 19.1 Å². The molecule has 0 aliphatic carbocycles. The third kappa shape index (κ3) is 3.55. The largest absolute Gasteiger partial charge is 0.309 e. The van der Waals surface area contributed by atoms with Gasteiger partial charge in [-0.05, 0) is 47.9 Å². The third-order valence-corrected chi connectivity index (χ3v) is 9.31. The quantitative estimate of drug-likeness (QED) is 0.193. The maximum Gasteiger partial charge on any atom is 0.162 e. The van der Waals surface area contributed by atoms with Crippen LogP contribution in [0.2, 0.25) is 0 Å². The number of hydrogen-bond acceptors (Lipinski definition) is 2. The van der Waals surface area contributed by atoms with Crippen molar-refractivity contribution in [2.75, 3.05) is 0 Å². The van der Waals surface area contributed by atoms with Crippen molar-refractivity contribution in [3.63, 3.8) is 0 Å². The van der Waals surface area contributed by atoms with E-state index in [2.05, 4.69) is 149 Å². The van der Waals surface area contributed by atoms with Gasteiger partial charge in [0.05, 0.1) is 27.6 Å². The topological polar surface area (TPSA) is 35.6 Å². The molecule has 0 unspecified atom stereocenters. The molecule has 0 fully saturated rings. The average Bonchev–Trinajstić information content (AvgIpc) is 3.64. The first-order valence-corrected chi connectivity index (χ1v) is 15.6. The van der Waals surface area contributed by atoms with Crippen LogP contribution in [0.4, 0.5) is 0 Å². The van der Waals surface area contributed by atoms with Gasteiger partial charge in [0.2, 0.25) is 0 Å². The highest BCUT2D eigenvalue weighted by molar-refractivity contribution is 6.14. The van der Waals surface area contributed by atoms with E-state index in [1.807, 2.05) is 18.2 Å². The van der Waals surface area contributed by atoms with Crippen molar-refractivity contribution < 1.29 is 0 Å². The summed E-state index contributed by atoms with van der Waals surface area (Å²) >= 11 is 0. The summed E-state index contributed by atoms with van der Waals surface area (Å²) in [5.74, 6) is 1.60. The average molecular weight is 587 g/mol. The van der Waals surface area contributed by atoms with Crippen molar-refractivity contribution in [2.24, 2.45) is 0 Å². The second-order valence-corrected chi connectivity index (χ2v) is 11.8. The highest BCUT2D eigenvalue weighted by atomic mass is 15.1. The Morgan fingerprint density at radius 2 is 0.935 bits per heavy atom. The molecule has 0 amide bonds. The number of rotatable bonds is 3. The van der Waals surface area contributed by atoms with Gasteiger partial charge in [0.15, 0.2) is 5.82 Å². The van der Waals surface area contributed by atoms with E-state index in [0.29, 0.717) is 5.82 Å². The van der Waals surface area contributed by atoms with E-state index in [0.717, 1.165) is 49.8 Å². The molecule has 0 saturated heterocycles. The molecule has 46 heavy (non-hydrogen) atoms. The lowest BCUT2D eigenvalue weighted by Crippen LogP contribution is -2.03. The van der Waals surface area contributed by atoms with Crippen LogP contribution in [0.3, 0.4) is 0 Å². The monoisotopic (exact) mass is 586 g/mol. The van der Waals surface area contributed by atoms with Crippen molar-refractivity contribution in [3.8, 4) is 22.9 Å². The third-order valence-electron chi connectivity index (χ3n) is 9.31. The molecule has 0 saturated carbocycles. The van der Waals surface area contributed by atoms with E-state index < -0.39 is 0 Å². The number of nitrogens with zero attached hydrogens (tertiary/aromatic N) is 4. The molecule has 4 heteroatoms. The SMILES string of the molecule is c1ccc(-c2nc(-n3c4ccccc4c4cc(-n5c6ccccc6c6ccccc65)ccc43)c3ccc4ccccc4c3n2)cc1. The number of benzene rings is 7. The predicted octanol–water partition coefficient (Wildman–Crippen LogP) is 10.6. The summed E-state index contributed by atoms with van der Waals surface area (Å²) in [5, 5.41) is 8.19. The maximum absolute atomic E-state index is 5.32. The summed E-state index contributed by atoms with van der Waals surface area (Å²) in [6, 6.07) is 56.0. The van der Waals surface area contributed by atoms with E-state index in [1.54, 1.807) is 0 Å². The fourth-order valence-corrected chi connectivity index (χ4v) is 7.26. The highest BCUT2D eigenvalue weighted by Gasteiger charge is 2.20. The van der Waals surface area contributed by atoms with Gasteiger partial charge in [-0.15, -0.1) is 0 Å². The van der Waals surface area contributed by atoms with E-state index in [1.165, 1.54) is 32.6 Å². The molecule has 0 radical (unpaired) electrons. The van der Waals surface area contributed by atoms with Crippen molar-refractivity contribution in [2.45, 2.75) is 0 Å². The number of hydrogen-bond donors (Lipinski definition) is 0. The lowest BCUT2D eigenvalue weighted by molar-refractivity contribution is 1.08. The fourth-order valence-electron chi connectivity index (χ4n) is 7.26. The van der Waals surface area contributed by atoms with E-state index >= 15 is 0 Å². The van der Waals surface area contributed by atoms with Gasteiger partial charge in [0, 0.05) is 43.6 Å². The summed E-state index contributed by atoms with van der Waals surface area (Å²) in [4.78, 5) is 10.5. The highest BCUT2D eigenvalue weighted by Crippen LogP contribution is 2.39. The molecule has 0 aliphatic heterocycles. The lowest BCUT2D eigenvalue weighted by atomic mass is 10.1. The van der Waals surface area contributed by atoms with Crippen LogP contribution in [-0.4, -0.2) is 19.1 Å². The van der Waals surface area contributed by atoms with Gasteiger partial charge in [-0.1, -0.05) is 115 Å². The fraction of sp³-hybridized carbons (Fsp3) is 0. The number of aromatic nitrogens is 4. The van der Waals surface area contributed by atoms with Gasteiger partial charge in [-0.3, -0.25) is 4.57 Å². The molecule has 0 spiro atoms. The summed E-state index contributed by atoms with van der Waals surface area (Å²) in [7, 11) is 0. The minimum absolute atomic E-state index is 0.715. The molecule has 0 N–H and O–H groups in total. The second-order valence-electron chi connectivity index (χ2n) is 11.8. The van der Waals surface area contributed by atoms with Gasteiger partial charge in [0.25, 0.3) is 0 Å². The van der Waals surface area contributed by atoms with Crippen LogP contribution in [-0.2, 0) is 0 Å². The first-order chi connectivity index (χ1) is 22.8. The zero-order chi connectivity index (χ0) is 30.2. The van der Waals surface area contributed by atoms with Crippen LogP contribution in [0.25, 0.3) is 88.2 Å². The van der Waals surface area contributed by atoms with Gasteiger partial charge < -0.3 is 4.57 Å². The molecule has 214 valence electrons. The summed E-state index contributed by atoms with van der Waals surface area (Å²) in [6.07, 6.45) is 0. The zero-order valence-corrected chi connectivity index (χ0v) is 24.8. The Labute approximate surface area is 264 Å². The maximum atomic E-state index is 5.32. The van der Waals surface area contributed by atoms with Gasteiger partial charge >= 0.3 is 0 Å². The Kier molecular flexibility index (Phi) is 5.25. The van der Waals surface area contributed by atoms with Crippen LogP contribution < -0.4 is 0 Å². The second kappa shape index (κ2) is 9.62. The van der Waals surface area contributed by atoms with Crippen LogP contribution in [0, 0.1) is 0 Å². The zero-order valence-electron chi connectivity index (χ0n) is 24.8. The molecule has 10 rings (SSSR count). The predicted molar refractivity (Wildman–Crippen MR) is 191 cm³/mol. The minimum Gasteiger partial charge on any atom is -0.309 e. The molecular weight excluding hydrogens is 560 g/mol. The van der Waals surface area contributed by atoms with E-state index in [9.17, 15) is 0 Å². The van der Waals surface area contributed by atoms with Crippen molar-refractivity contribution in [1.29, 1.82) is 0 Å². The number of para-hydroxylation sites is 3. The molecule has 7 aromatic carbocycles. The Morgan fingerprint density at radius 3 is 1.65 bits per heavy atom.